The Balaban J connectivity index is 1.48. The summed E-state index contributed by atoms with van der Waals surface area (Å²) in [5, 5.41) is 3.96. The molecule has 5 aromatic rings. The Hall–Kier alpha value is -3.16. The maximum atomic E-state index is 13.2. The predicted molar refractivity (Wildman–Crippen MR) is 117 cm³/mol. The van der Waals surface area contributed by atoms with Gasteiger partial charge < -0.3 is 9.88 Å². The Morgan fingerprint density at radius 3 is 2.79 bits per heavy atom. The Morgan fingerprint density at radius 2 is 1.93 bits per heavy atom. The number of benzene rings is 2. The number of rotatable bonds is 2. The summed E-state index contributed by atoms with van der Waals surface area (Å²) in [6.45, 7) is 1.80. The van der Waals surface area contributed by atoms with Crippen LogP contribution in [0.5, 0.6) is 0 Å². The second-order valence-corrected chi connectivity index (χ2v) is 8.43. The van der Waals surface area contributed by atoms with Crippen molar-refractivity contribution >= 4 is 50.1 Å². The minimum absolute atomic E-state index is 0.0792. The van der Waals surface area contributed by atoms with Gasteiger partial charge in [-0.2, -0.15) is 0 Å². The molecule has 0 radical (unpaired) electrons. The lowest BCUT2D eigenvalue weighted by Crippen LogP contribution is -2.17. The Bertz CT molecular complexity index is 1460. The second-order valence-electron chi connectivity index (χ2n) is 6.94. The van der Waals surface area contributed by atoms with Gasteiger partial charge in [0.05, 0.1) is 22.2 Å². The van der Waals surface area contributed by atoms with E-state index in [4.69, 9.17) is 11.6 Å². The van der Waals surface area contributed by atoms with Gasteiger partial charge in [-0.25, -0.2) is 9.97 Å². The number of thiophene rings is 1. The molecule has 0 amide bonds. The molecule has 6 rings (SSSR count). The molecule has 1 aliphatic heterocycles. The van der Waals surface area contributed by atoms with E-state index in [1.165, 1.54) is 11.3 Å². The summed E-state index contributed by atoms with van der Waals surface area (Å²) in [7, 11) is 0. The molecule has 142 valence electrons. The standard InChI is InChI=1S/C21H14ClN5OS/c22-13-3-1-12(2-4-13)18-10-16-19(29-18)20(28)27(11-24-16)14-5-6-17-15(9-14)25-21-23-7-8-26(17)21/h1-6,9-11H,7-8H2,(H,23,25). The number of nitrogens with zero attached hydrogens (tertiary/aromatic N) is 4. The van der Waals surface area contributed by atoms with Gasteiger partial charge in [-0.15, -0.1) is 11.3 Å². The third-order valence-electron chi connectivity index (χ3n) is 5.20. The lowest BCUT2D eigenvalue weighted by atomic mass is 10.2. The zero-order valence-electron chi connectivity index (χ0n) is 15.1. The molecule has 3 aromatic heterocycles. The van der Waals surface area contributed by atoms with Crippen LogP contribution >= 0.6 is 22.9 Å². The van der Waals surface area contributed by atoms with E-state index in [0.29, 0.717) is 15.2 Å². The molecule has 1 aliphatic rings. The number of anilines is 1. The number of imidazole rings is 1. The van der Waals surface area contributed by atoms with Crippen molar-refractivity contribution < 1.29 is 0 Å². The highest BCUT2D eigenvalue weighted by Gasteiger charge is 2.17. The number of nitrogens with one attached hydrogen (secondary N) is 1. The molecule has 1 N–H and O–H groups in total. The first-order chi connectivity index (χ1) is 14.2. The van der Waals surface area contributed by atoms with Gasteiger partial charge in [-0.3, -0.25) is 9.36 Å². The zero-order chi connectivity index (χ0) is 19.5. The summed E-state index contributed by atoms with van der Waals surface area (Å²) in [5.41, 5.74) is 4.33. The molecular formula is C21H14ClN5OS. The smallest absolute Gasteiger partial charge is 0.275 e. The van der Waals surface area contributed by atoms with Crippen molar-refractivity contribution in [3.8, 4) is 16.1 Å². The average Bonchev–Trinajstić information content (AvgIpc) is 3.42. The van der Waals surface area contributed by atoms with Crippen molar-refractivity contribution in [3.05, 3.63) is 70.2 Å². The van der Waals surface area contributed by atoms with Crippen molar-refractivity contribution in [3.63, 3.8) is 0 Å². The second kappa shape index (κ2) is 6.17. The van der Waals surface area contributed by atoms with Crippen molar-refractivity contribution in [2.45, 2.75) is 6.54 Å². The Morgan fingerprint density at radius 1 is 1.07 bits per heavy atom. The molecule has 0 bridgehead atoms. The van der Waals surface area contributed by atoms with Gasteiger partial charge in [0.2, 0.25) is 5.95 Å². The van der Waals surface area contributed by atoms with Crippen molar-refractivity contribution in [1.29, 1.82) is 0 Å². The van der Waals surface area contributed by atoms with Crippen LogP contribution in [0.4, 0.5) is 5.95 Å². The van der Waals surface area contributed by atoms with E-state index in [1.807, 2.05) is 48.5 Å². The largest absolute Gasteiger partial charge is 0.354 e. The first kappa shape index (κ1) is 16.8. The van der Waals surface area contributed by atoms with Crippen LogP contribution in [0, 0.1) is 0 Å². The lowest BCUT2D eigenvalue weighted by Gasteiger charge is -2.05. The molecular weight excluding hydrogens is 406 g/mol. The average molecular weight is 420 g/mol. The highest BCUT2D eigenvalue weighted by molar-refractivity contribution is 7.22. The zero-order valence-corrected chi connectivity index (χ0v) is 16.7. The van der Waals surface area contributed by atoms with E-state index in [0.717, 1.165) is 46.2 Å². The molecule has 0 aliphatic carbocycles. The molecule has 0 atom stereocenters. The quantitative estimate of drug-likeness (QED) is 0.456. The summed E-state index contributed by atoms with van der Waals surface area (Å²) in [6.07, 6.45) is 1.59. The van der Waals surface area contributed by atoms with E-state index in [2.05, 4.69) is 19.9 Å². The van der Waals surface area contributed by atoms with Crippen LogP contribution < -0.4 is 10.9 Å². The van der Waals surface area contributed by atoms with Crippen molar-refractivity contribution in [1.82, 2.24) is 19.1 Å². The molecule has 2 aromatic carbocycles. The Labute approximate surface area is 174 Å². The molecule has 0 spiro atoms. The predicted octanol–water partition coefficient (Wildman–Crippen LogP) is 4.54. The van der Waals surface area contributed by atoms with Crippen LogP contribution in [-0.4, -0.2) is 25.6 Å². The van der Waals surface area contributed by atoms with E-state index in [9.17, 15) is 4.79 Å². The number of fused-ring (bicyclic) bond motifs is 4. The first-order valence-corrected chi connectivity index (χ1v) is 10.4. The fourth-order valence-electron chi connectivity index (χ4n) is 3.76. The number of aromatic nitrogens is 4. The first-order valence-electron chi connectivity index (χ1n) is 9.19. The number of hydrogen-bond acceptors (Lipinski definition) is 5. The summed E-state index contributed by atoms with van der Waals surface area (Å²) >= 11 is 7.43. The highest BCUT2D eigenvalue weighted by Crippen LogP contribution is 2.32. The highest BCUT2D eigenvalue weighted by atomic mass is 35.5. The van der Waals surface area contributed by atoms with Crippen LogP contribution in [0.1, 0.15) is 0 Å². The van der Waals surface area contributed by atoms with Crippen molar-refractivity contribution in [2.24, 2.45) is 0 Å². The Kier molecular flexibility index (Phi) is 3.57. The fourth-order valence-corrected chi connectivity index (χ4v) is 4.93. The van der Waals surface area contributed by atoms with E-state index < -0.39 is 0 Å². The van der Waals surface area contributed by atoms with Gasteiger partial charge >= 0.3 is 0 Å². The monoisotopic (exact) mass is 419 g/mol. The van der Waals surface area contributed by atoms with E-state index in [-0.39, 0.29) is 5.56 Å². The van der Waals surface area contributed by atoms with Gasteiger partial charge in [0.1, 0.15) is 11.0 Å². The minimum Gasteiger partial charge on any atom is -0.354 e. The molecule has 8 heteroatoms. The van der Waals surface area contributed by atoms with Crippen LogP contribution in [0.15, 0.2) is 59.7 Å². The normalized spacial score (nSPS) is 13.1. The van der Waals surface area contributed by atoms with Crippen LogP contribution in [0.3, 0.4) is 0 Å². The van der Waals surface area contributed by atoms with E-state index >= 15 is 0 Å². The van der Waals surface area contributed by atoms with Crippen molar-refractivity contribution in [2.75, 3.05) is 11.9 Å². The van der Waals surface area contributed by atoms with Gasteiger partial charge in [0, 0.05) is 23.0 Å². The van der Waals surface area contributed by atoms with E-state index in [1.54, 1.807) is 10.9 Å². The number of halogens is 1. The SMILES string of the molecule is O=c1c2sc(-c3ccc(Cl)cc3)cc2ncn1-c1ccc2c(c1)nc1n2CCN1. The van der Waals surface area contributed by atoms with Crippen LogP contribution in [0.25, 0.3) is 37.4 Å². The molecule has 6 nitrogen and oxygen atoms in total. The van der Waals surface area contributed by atoms with Crippen LogP contribution in [0.2, 0.25) is 5.02 Å². The summed E-state index contributed by atoms with van der Waals surface area (Å²) < 4.78 is 4.37. The molecule has 29 heavy (non-hydrogen) atoms. The molecule has 0 fully saturated rings. The maximum absolute atomic E-state index is 13.2. The minimum atomic E-state index is -0.0792. The summed E-state index contributed by atoms with van der Waals surface area (Å²) in [6, 6.07) is 15.4. The third kappa shape index (κ3) is 2.58. The molecule has 0 saturated heterocycles. The summed E-state index contributed by atoms with van der Waals surface area (Å²) in [4.78, 5) is 23.3. The van der Waals surface area contributed by atoms with Crippen LogP contribution in [-0.2, 0) is 6.54 Å². The third-order valence-corrected chi connectivity index (χ3v) is 6.61. The molecule has 0 unspecified atom stereocenters. The summed E-state index contributed by atoms with van der Waals surface area (Å²) in [5.74, 6) is 0.879. The topological polar surface area (TPSA) is 64.7 Å². The van der Waals surface area contributed by atoms with Gasteiger partial charge in [-0.1, -0.05) is 23.7 Å². The lowest BCUT2D eigenvalue weighted by molar-refractivity contribution is 0.837. The van der Waals surface area contributed by atoms with Gasteiger partial charge in [0.15, 0.2) is 0 Å². The molecule has 0 saturated carbocycles. The van der Waals surface area contributed by atoms with Gasteiger partial charge in [0.25, 0.3) is 5.56 Å². The van der Waals surface area contributed by atoms with Gasteiger partial charge in [-0.05, 0) is 42.0 Å². The fraction of sp³-hybridized carbons (Fsp3) is 0.0952. The number of hydrogen-bond donors (Lipinski definition) is 1. The molecule has 4 heterocycles. The maximum Gasteiger partial charge on any atom is 0.275 e.